The van der Waals surface area contributed by atoms with E-state index in [1.807, 2.05) is 23.1 Å². The van der Waals surface area contributed by atoms with Crippen molar-refractivity contribution >= 4 is 5.91 Å². The standard InChI is InChI=1S/C16H21NO3/c1-20-13-4-2-3-11(9-13)14-10-15(14)16(19)17(7-8-18)12-5-6-12/h2-4,9,12,14-15,18H,5-8,10H2,1H3. The van der Waals surface area contributed by atoms with Crippen molar-refractivity contribution in [1.29, 1.82) is 0 Å². The smallest absolute Gasteiger partial charge is 0.226 e. The van der Waals surface area contributed by atoms with Gasteiger partial charge in [0.15, 0.2) is 0 Å². The molecule has 0 aromatic heterocycles. The zero-order chi connectivity index (χ0) is 14.1. The average Bonchev–Trinajstić information content (AvgIpc) is 3.37. The highest BCUT2D eigenvalue weighted by atomic mass is 16.5. The van der Waals surface area contributed by atoms with Crippen LogP contribution in [0, 0.1) is 5.92 Å². The van der Waals surface area contributed by atoms with Crippen molar-refractivity contribution in [2.75, 3.05) is 20.3 Å². The highest BCUT2D eigenvalue weighted by Crippen LogP contribution is 2.49. The first-order chi connectivity index (χ1) is 9.74. The number of hydrogen-bond donors (Lipinski definition) is 1. The van der Waals surface area contributed by atoms with Gasteiger partial charge in [0.1, 0.15) is 5.75 Å². The first-order valence-corrected chi connectivity index (χ1v) is 7.30. The monoisotopic (exact) mass is 275 g/mol. The van der Waals surface area contributed by atoms with Crippen LogP contribution in [-0.4, -0.2) is 42.2 Å². The molecule has 3 rings (SSSR count). The van der Waals surface area contributed by atoms with Gasteiger partial charge in [0.05, 0.1) is 13.7 Å². The van der Waals surface area contributed by atoms with Gasteiger partial charge in [0.2, 0.25) is 5.91 Å². The molecule has 0 heterocycles. The van der Waals surface area contributed by atoms with Gasteiger partial charge in [-0.15, -0.1) is 0 Å². The summed E-state index contributed by atoms with van der Waals surface area (Å²) < 4.78 is 5.23. The van der Waals surface area contributed by atoms with Crippen molar-refractivity contribution in [3.8, 4) is 5.75 Å². The van der Waals surface area contributed by atoms with Crippen LogP contribution in [0.25, 0.3) is 0 Å². The maximum Gasteiger partial charge on any atom is 0.226 e. The number of carbonyl (C=O) groups excluding carboxylic acids is 1. The summed E-state index contributed by atoms with van der Waals surface area (Å²) in [6, 6.07) is 8.35. The first-order valence-electron chi connectivity index (χ1n) is 7.30. The molecule has 1 N–H and O–H groups in total. The van der Waals surface area contributed by atoms with E-state index in [0.29, 0.717) is 18.5 Å². The minimum Gasteiger partial charge on any atom is -0.497 e. The van der Waals surface area contributed by atoms with E-state index in [9.17, 15) is 4.79 Å². The van der Waals surface area contributed by atoms with Crippen LogP contribution < -0.4 is 4.74 Å². The van der Waals surface area contributed by atoms with Gasteiger partial charge in [-0.05, 0) is 42.9 Å². The summed E-state index contributed by atoms with van der Waals surface area (Å²) in [4.78, 5) is 14.4. The van der Waals surface area contributed by atoms with Crippen molar-refractivity contribution in [2.45, 2.75) is 31.2 Å². The number of aliphatic hydroxyl groups is 1. The van der Waals surface area contributed by atoms with E-state index in [-0.39, 0.29) is 18.4 Å². The zero-order valence-corrected chi connectivity index (χ0v) is 11.8. The molecule has 0 spiro atoms. The Morgan fingerprint density at radius 3 is 2.90 bits per heavy atom. The number of amides is 1. The second-order valence-corrected chi connectivity index (χ2v) is 5.71. The maximum atomic E-state index is 12.5. The number of rotatable bonds is 6. The molecule has 2 fully saturated rings. The van der Waals surface area contributed by atoms with Crippen molar-refractivity contribution in [2.24, 2.45) is 5.92 Å². The summed E-state index contributed by atoms with van der Waals surface area (Å²) in [6.45, 7) is 0.531. The van der Waals surface area contributed by atoms with E-state index >= 15 is 0 Å². The van der Waals surface area contributed by atoms with E-state index in [1.165, 1.54) is 5.56 Å². The molecule has 2 aliphatic carbocycles. The fraction of sp³-hybridized carbons (Fsp3) is 0.562. The molecule has 0 saturated heterocycles. The highest BCUT2D eigenvalue weighted by Gasteiger charge is 2.48. The summed E-state index contributed by atoms with van der Waals surface area (Å²) in [6.07, 6.45) is 3.09. The van der Waals surface area contributed by atoms with Crippen LogP contribution in [0.3, 0.4) is 0 Å². The fourth-order valence-electron chi connectivity index (χ4n) is 2.89. The van der Waals surface area contributed by atoms with Gasteiger partial charge in [-0.25, -0.2) is 0 Å². The summed E-state index contributed by atoms with van der Waals surface area (Å²) >= 11 is 0. The van der Waals surface area contributed by atoms with Gasteiger partial charge in [-0.3, -0.25) is 4.79 Å². The van der Waals surface area contributed by atoms with E-state index in [2.05, 4.69) is 6.07 Å². The van der Waals surface area contributed by atoms with Crippen molar-refractivity contribution in [3.05, 3.63) is 29.8 Å². The summed E-state index contributed by atoms with van der Waals surface area (Å²) in [7, 11) is 1.66. The van der Waals surface area contributed by atoms with Crippen molar-refractivity contribution < 1.29 is 14.6 Å². The molecule has 2 atom stereocenters. The molecule has 0 aliphatic heterocycles. The Balaban J connectivity index is 1.66. The molecule has 2 aliphatic rings. The number of hydrogen-bond acceptors (Lipinski definition) is 3. The number of methoxy groups -OCH3 is 1. The molecule has 1 amide bonds. The molecule has 2 unspecified atom stereocenters. The third kappa shape index (κ3) is 2.66. The minimum absolute atomic E-state index is 0.0544. The van der Waals surface area contributed by atoms with Crippen LogP contribution in [0.2, 0.25) is 0 Å². The number of benzene rings is 1. The van der Waals surface area contributed by atoms with Crippen LogP contribution in [-0.2, 0) is 4.79 Å². The highest BCUT2D eigenvalue weighted by molar-refractivity contribution is 5.83. The third-order valence-corrected chi connectivity index (χ3v) is 4.24. The van der Waals surface area contributed by atoms with E-state index in [0.717, 1.165) is 25.0 Å². The lowest BCUT2D eigenvalue weighted by atomic mass is 10.1. The Labute approximate surface area is 119 Å². The zero-order valence-electron chi connectivity index (χ0n) is 11.8. The summed E-state index contributed by atoms with van der Waals surface area (Å²) in [5.41, 5.74) is 1.18. The van der Waals surface area contributed by atoms with Crippen LogP contribution in [0.1, 0.15) is 30.7 Å². The van der Waals surface area contributed by atoms with E-state index in [1.54, 1.807) is 7.11 Å². The van der Waals surface area contributed by atoms with Crippen LogP contribution in [0.15, 0.2) is 24.3 Å². The first kappa shape index (κ1) is 13.4. The van der Waals surface area contributed by atoms with E-state index in [4.69, 9.17) is 9.84 Å². The fourth-order valence-corrected chi connectivity index (χ4v) is 2.89. The van der Waals surface area contributed by atoms with Crippen LogP contribution in [0.4, 0.5) is 0 Å². The van der Waals surface area contributed by atoms with Gasteiger partial charge in [0.25, 0.3) is 0 Å². The molecule has 1 aromatic rings. The van der Waals surface area contributed by atoms with Gasteiger partial charge >= 0.3 is 0 Å². The maximum absolute atomic E-state index is 12.5. The largest absolute Gasteiger partial charge is 0.497 e. The normalized spacial score (nSPS) is 24.3. The van der Waals surface area contributed by atoms with E-state index < -0.39 is 0 Å². The molecule has 108 valence electrons. The number of ether oxygens (including phenoxy) is 1. The molecule has 0 bridgehead atoms. The van der Waals surface area contributed by atoms with Gasteiger partial charge < -0.3 is 14.7 Å². The lowest BCUT2D eigenvalue weighted by Crippen LogP contribution is -2.36. The Morgan fingerprint density at radius 2 is 2.25 bits per heavy atom. The molecule has 1 aromatic carbocycles. The molecule has 4 nitrogen and oxygen atoms in total. The van der Waals surface area contributed by atoms with Crippen LogP contribution >= 0.6 is 0 Å². The van der Waals surface area contributed by atoms with Crippen molar-refractivity contribution in [1.82, 2.24) is 4.90 Å². The minimum atomic E-state index is 0.0544. The Bertz CT molecular complexity index is 498. The summed E-state index contributed by atoms with van der Waals surface area (Å²) in [5, 5.41) is 9.11. The lowest BCUT2D eigenvalue weighted by molar-refractivity contribution is -0.133. The molecule has 4 heteroatoms. The second kappa shape index (κ2) is 5.44. The third-order valence-electron chi connectivity index (χ3n) is 4.24. The molecule has 0 radical (unpaired) electrons. The Hall–Kier alpha value is -1.55. The topological polar surface area (TPSA) is 49.8 Å². The van der Waals surface area contributed by atoms with Gasteiger partial charge in [-0.2, -0.15) is 0 Å². The van der Waals surface area contributed by atoms with Crippen LogP contribution in [0.5, 0.6) is 5.75 Å². The number of aliphatic hydroxyl groups excluding tert-OH is 1. The Kier molecular flexibility index (Phi) is 3.66. The predicted octanol–water partition coefficient (Wildman–Crippen LogP) is 1.78. The quantitative estimate of drug-likeness (QED) is 0.861. The van der Waals surface area contributed by atoms with Gasteiger partial charge in [0, 0.05) is 18.5 Å². The molecule has 2 saturated carbocycles. The molecule has 20 heavy (non-hydrogen) atoms. The Morgan fingerprint density at radius 1 is 1.45 bits per heavy atom. The lowest BCUT2D eigenvalue weighted by Gasteiger charge is -2.21. The average molecular weight is 275 g/mol. The SMILES string of the molecule is COc1cccc(C2CC2C(=O)N(CCO)C2CC2)c1. The second-order valence-electron chi connectivity index (χ2n) is 5.71. The molecular weight excluding hydrogens is 254 g/mol. The molecular formula is C16H21NO3. The number of carbonyl (C=O) groups is 1. The number of nitrogens with zero attached hydrogens (tertiary/aromatic N) is 1. The predicted molar refractivity (Wildman–Crippen MR) is 75.7 cm³/mol. The summed E-state index contributed by atoms with van der Waals surface area (Å²) in [5.74, 6) is 1.47. The van der Waals surface area contributed by atoms with Crippen molar-refractivity contribution in [3.63, 3.8) is 0 Å². The van der Waals surface area contributed by atoms with Gasteiger partial charge in [-0.1, -0.05) is 12.1 Å².